The molecule has 2 N–H and O–H groups in total. The summed E-state index contributed by atoms with van der Waals surface area (Å²) in [6.07, 6.45) is -0.361. The Morgan fingerprint density at radius 2 is 2.00 bits per heavy atom. The second kappa shape index (κ2) is 6.98. The van der Waals surface area contributed by atoms with Crippen molar-refractivity contribution >= 4 is 17.3 Å². The average Bonchev–Trinajstić information content (AvgIpc) is 2.25. The molecule has 1 atom stereocenters. The highest BCUT2D eigenvalue weighted by Gasteiger charge is 2.12. The Bertz CT molecular complexity index is 380. The van der Waals surface area contributed by atoms with Crippen molar-refractivity contribution in [3.8, 4) is 0 Å². The zero-order valence-corrected chi connectivity index (χ0v) is 12.3. The molecule has 0 aliphatic rings. The Kier molecular flexibility index (Phi) is 5.93. The van der Waals surface area contributed by atoms with Gasteiger partial charge in [0.15, 0.2) is 0 Å². The van der Waals surface area contributed by atoms with Gasteiger partial charge in [-0.2, -0.15) is 0 Å². The quantitative estimate of drug-likeness (QED) is 0.834. The second-order valence-corrected chi connectivity index (χ2v) is 5.41. The van der Waals surface area contributed by atoms with Crippen LogP contribution in [0.4, 0.5) is 5.69 Å². The van der Waals surface area contributed by atoms with Gasteiger partial charge in [-0.05, 0) is 19.1 Å². The van der Waals surface area contributed by atoms with Gasteiger partial charge in [0.2, 0.25) is 0 Å². The van der Waals surface area contributed by atoms with Crippen LogP contribution >= 0.6 is 11.6 Å². The topological polar surface area (TPSA) is 35.5 Å². The molecule has 0 spiro atoms. The molecular formula is C14H23ClN2O. The van der Waals surface area contributed by atoms with Crippen LogP contribution in [0.25, 0.3) is 0 Å². The Hall–Kier alpha value is -0.770. The molecule has 0 heterocycles. The second-order valence-electron chi connectivity index (χ2n) is 5.00. The van der Waals surface area contributed by atoms with Crippen LogP contribution in [0.1, 0.15) is 26.3 Å². The van der Waals surface area contributed by atoms with Crippen molar-refractivity contribution in [2.75, 3.05) is 18.5 Å². The van der Waals surface area contributed by atoms with E-state index in [0.29, 0.717) is 12.6 Å². The van der Waals surface area contributed by atoms with Gasteiger partial charge in [-0.1, -0.05) is 31.5 Å². The first kappa shape index (κ1) is 15.3. The molecule has 18 heavy (non-hydrogen) atoms. The Morgan fingerprint density at radius 3 is 2.56 bits per heavy atom. The minimum absolute atomic E-state index is 0.361. The minimum Gasteiger partial charge on any atom is -0.392 e. The van der Waals surface area contributed by atoms with Gasteiger partial charge in [0.25, 0.3) is 0 Å². The first-order chi connectivity index (χ1) is 8.41. The van der Waals surface area contributed by atoms with Crippen LogP contribution in [-0.4, -0.2) is 30.8 Å². The first-order valence-corrected chi connectivity index (χ1v) is 6.69. The zero-order valence-electron chi connectivity index (χ0n) is 11.6. The van der Waals surface area contributed by atoms with Crippen molar-refractivity contribution in [2.45, 2.75) is 39.5 Å². The van der Waals surface area contributed by atoms with Crippen molar-refractivity contribution < 1.29 is 5.11 Å². The van der Waals surface area contributed by atoms with Gasteiger partial charge >= 0.3 is 0 Å². The predicted octanol–water partition coefficient (Wildman–Crippen LogP) is 2.66. The Balaban J connectivity index is 2.92. The van der Waals surface area contributed by atoms with Gasteiger partial charge < -0.3 is 15.3 Å². The molecule has 1 aromatic carbocycles. The van der Waals surface area contributed by atoms with E-state index in [9.17, 15) is 5.11 Å². The molecule has 1 rings (SSSR count). The molecule has 0 fully saturated rings. The van der Waals surface area contributed by atoms with E-state index >= 15 is 0 Å². The molecule has 0 aliphatic heterocycles. The average molecular weight is 271 g/mol. The molecule has 0 aromatic heterocycles. The number of anilines is 1. The number of nitrogens with zero attached hydrogens (tertiary/aromatic N) is 1. The molecule has 1 aromatic rings. The van der Waals surface area contributed by atoms with Crippen LogP contribution in [0.5, 0.6) is 0 Å². The molecule has 0 bridgehead atoms. The molecule has 102 valence electrons. The molecule has 1 unspecified atom stereocenters. The lowest BCUT2D eigenvalue weighted by Crippen LogP contribution is -2.29. The largest absolute Gasteiger partial charge is 0.392 e. The summed E-state index contributed by atoms with van der Waals surface area (Å²) in [6, 6.07) is 6.29. The molecule has 3 nitrogen and oxygen atoms in total. The third-order valence-corrected chi connectivity index (χ3v) is 3.08. The maximum absolute atomic E-state index is 9.47. The third-order valence-electron chi connectivity index (χ3n) is 2.73. The van der Waals surface area contributed by atoms with Crippen LogP contribution < -0.4 is 10.2 Å². The standard InChI is InChI=1S/C14H23ClN2O/c1-10(2)16-8-12-13(15)6-5-7-14(12)17(4)9-11(3)18/h5-7,10-11,16,18H,8-9H2,1-4H3. The van der Waals surface area contributed by atoms with Gasteiger partial charge in [-0.15, -0.1) is 0 Å². The summed E-state index contributed by atoms with van der Waals surface area (Å²) in [7, 11) is 1.97. The SMILES string of the molecule is CC(O)CN(C)c1cccc(Cl)c1CNC(C)C. The van der Waals surface area contributed by atoms with Crippen molar-refractivity contribution in [1.29, 1.82) is 0 Å². The number of aliphatic hydroxyl groups is 1. The monoisotopic (exact) mass is 270 g/mol. The molecule has 0 radical (unpaired) electrons. The van der Waals surface area contributed by atoms with E-state index in [0.717, 1.165) is 22.8 Å². The number of rotatable bonds is 6. The molecule has 0 saturated carbocycles. The van der Waals surface area contributed by atoms with E-state index in [4.69, 9.17) is 11.6 Å². The Morgan fingerprint density at radius 1 is 1.33 bits per heavy atom. The van der Waals surface area contributed by atoms with E-state index < -0.39 is 0 Å². The Labute approximate surface area is 115 Å². The summed E-state index contributed by atoms with van der Waals surface area (Å²) in [4.78, 5) is 2.04. The van der Waals surface area contributed by atoms with Crippen molar-refractivity contribution in [1.82, 2.24) is 5.32 Å². The number of nitrogens with one attached hydrogen (secondary N) is 1. The summed E-state index contributed by atoms with van der Waals surface area (Å²) in [6.45, 7) is 7.32. The summed E-state index contributed by atoms with van der Waals surface area (Å²) in [5.74, 6) is 0. The fourth-order valence-electron chi connectivity index (χ4n) is 1.88. The lowest BCUT2D eigenvalue weighted by Gasteiger charge is -2.25. The van der Waals surface area contributed by atoms with Gasteiger partial charge in [0.1, 0.15) is 0 Å². The maximum Gasteiger partial charge on any atom is 0.0686 e. The van der Waals surface area contributed by atoms with Crippen molar-refractivity contribution in [2.24, 2.45) is 0 Å². The van der Waals surface area contributed by atoms with E-state index in [1.165, 1.54) is 0 Å². The van der Waals surface area contributed by atoms with Crippen LogP contribution in [-0.2, 0) is 6.54 Å². The summed E-state index contributed by atoms with van der Waals surface area (Å²) in [5.41, 5.74) is 2.15. The highest BCUT2D eigenvalue weighted by molar-refractivity contribution is 6.31. The molecule has 4 heteroatoms. The number of hydrogen-bond acceptors (Lipinski definition) is 3. The van der Waals surface area contributed by atoms with Gasteiger partial charge in [0.05, 0.1) is 6.10 Å². The van der Waals surface area contributed by atoms with E-state index in [-0.39, 0.29) is 6.10 Å². The highest BCUT2D eigenvalue weighted by atomic mass is 35.5. The minimum atomic E-state index is -0.361. The molecule has 0 aliphatic carbocycles. The van der Waals surface area contributed by atoms with Crippen LogP contribution in [0.15, 0.2) is 18.2 Å². The zero-order chi connectivity index (χ0) is 13.7. The molecule has 0 saturated heterocycles. The van der Waals surface area contributed by atoms with E-state index in [2.05, 4.69) is 19.2 Å². The smallest absolute Gasteiger partial charge is 0.0686 e. The van der Waals surface area contributed by atoms with Crippen LogP contribution in [0.2, 0.25) is 5.02 Å². The fraction of sp³-hybridized carbons (Fsp3) is 0.571. The third kappa shape index (κ3) is 4.48. The summed E-state index contributed by atoms with van der Waals surface area (Å²) < 4.78 is 0. The fourth-order valence-corrected chi connectivity index (χ4v) is 2.12. The van der Waals surface area contributed by atoms with Crippen LogP contribution in [0, 0.1) is 0 Å². The first-order valence-electron chi connectivity index (χ1n) is 6.31. The predicted molar refractivity (Wildman–Crippen MR) is 78.4 cm³/mol. The summed E-state index contributed by atoms with van der Waals surface area (Å²) >= 11 is 6.26. The number of halogens is 1. The molecular weight excluding hydrogens is 248 g/mol. The number of likely N-dealkylation sites (N-methyl/N-ethyl adjacent to an activating group) is 1. The molecule has 0 amide bonds. The normalized spacial score (nSPS) is 12.8. The van der Waals surface area contributed by atoms with Crippen LogP contribution in [0.3, 0.4) is 0 Å². The number of benzene rings is 1. The number of aliphatic hydroxyl groups excluding tert-OH is 1. The van der Waals surface area contributed by atoms with Crippen molar-refractivity contribution in [3.05, 3.63) is 28.8 Å². The van der Waals surface area contributed by atoms with E-state index in [1.807, 2.05) is 30.1 Å². The van der Waals surface area contributed by atoms with E-state index in [1.54, 1.807) is 6.92 Å². The van der Waals surface area contributed by atoms with Gasteiger partial charge in [0, 0.05) is 42.5 Å². The number of hydrogen-bond donors (Lipinski definition) is 2. The van der Waals surface area contributed by atoms with Gasteiger partial charge in [-0.25, -0.2) is 0 Å². The summed E-state index contributed by atoms with van der Waals surface area (Å²) in [5, 5.41) is 13.6. The lowest BCUT2D eigenvalue weighted by molar-refractivity contribution is 0.201. The lowest BCUT2D eigenvalue weighted by atomic mass is 10.1. The highest BCUT2D eigenvalue weighted by Crippen LogP contribution is 2.27. The van der Waals surface area contributed by atoms with Crippen molar-refractivity contribution in [3.63, 3.8) is 0 Å². The van der Waals surface area contributed by atoms with Gasteiger partial charge in [-0.3, -0.25) is 0 Å². The maximum atomic E-state index is 9.47.